The first kappa shape index (κ1) is 33.3. The highest BCUT2D eigenvalue weighted by atomic mass is 35.5. The highest BCUT2D eigenvalue weighted by Crippen LogP contribution is 2.40. The second-order valence-corrected chi connectivity index (χ2v) is 10.4. The predicted molar refractivity (Wildman–Crippen MR) is 178 cm³/mol. The lowest BCUT2D eigenvalue weighted by Crippen LogP contribution is -2.37. The van der Waals surface area contributed by atoms with Crippen molar-refractivity contribution in [2.75, 3.05) is 28.8 Å². The number of carbonyl (C=O) groups is 3. The van der Waals surface area contributed by atoms with Gasteiger partial charge < -0.3 is 25.6 Å². The molecule has 4 aromatic carbocycles. The van der Waals surface area contributed by atoms with Crippen LogP contribution < -0.4 is 21.5 Å². The summed E-state index contributed by atoms with van der Waals surface area (Å²) in [6.07, 6.45) is 0.167. The van der Waals surface area contributed by atoms with Crippen LogP contribution >= 0.6 is 11.6 Å². The molecular formula is C33H31ClN6O6. The molecule has 0 saturated carbocycles. The normalized spacial score (nSPS) is 11.6. The number of nitrogens with two attached hydrogens (primary N) is 1. The van der Waals surface area contributed by atoms with Crippen molar-refractivity contribution in [3.05, 3.63) is 108 Å². The van der Waals surface area contributed by atoms with Gasteiger partial charge in [-0.1, -0.05) is 49.0 Å². The number of nitrogens with one attached hydrogen (secondary N) is 2. The first-order chi connectivity index (χ1) is 22.0. The molecule has 0 spiro atoms. The quantitative estimate of drug-likeness (QED) is 0.0305. The zero-order valence-electron chi connectivity index (χ0n) is 24.7. The number of hydrogen-bond acceptors (Lipinski definition) is 10. The van der Waals surface area contributed by atoms with Gasteiger partial charge in [-0.25, -0.2) is 15.6 Å². The Kier molecular flexibility index (Phi) is 10.8. The third-order valence-electron chi connectivity index (χ3n) is 6.55. The minimum atomic E-state index is -0.960. The van der Waals surface area contributed by atoms with Gasteiger partial charge in [0, 0.05) is 28.9 Å². The molecule has 0 bridgehead atoms. The smallest absolute Gasteiger partial charge is 0.333 e. The van der Waals surface area contributed by atoms with Crippen molar-refractivity contribution in [3.63, 3.8) is 0 Å². The number of halogens is 1. The lowest BCUT2D eigenvalue weighted by atomic mass is 10.0. The molecule has 0 radical (unpaired) electrons. The highest BCUT2D eigenvalue weighted by Gasteiger charge is 2.23. The van der Waals surface area contributed by atoms with Crippen LogP contribution in [0.1, 0.15) is 17.3 Å². The molecule has 4 rings (SSSR count). The van der Waals surface area contributed by atoms with Crippen LogP contribution in [0.5, 0.6) is 5.75 Å². The summed E-state index contributed by atoms with van der Waals surface area (Å²) in [5, 5.41) is 37.5. The topological polar surface area (TPSA) is 179 Å². The molecule has 0 fully saturated rings. The number of benzene rings is 4. The summed E-state index contributed by atoms with van der Waals surface area (Å²) in [7, 11) is 0. The van der Waals surface area contributed by atoms with E-state index < -0.39 is 29.6 Å². The number of esters is 1. The van der Waals surface area contributed by atoms with E-state index in [1.54, 1.807) is 54.6 Å². The van der Waals surface area contributed by atoms with Crippen LogP contribution in [-0.2, 0) is 14.3 Å². The summed E-state index contributed by atoms with van der Waals surface area (Å²) in [6, 6.07) is 19.6. The fourth-order valence-electron chi connectivity index (χ4n) is 4.12. The molecule has 0 aromatic heterocycles. The number of nitrogens with zero attached hydrogens (tertiary/aromatic N) is 3. The number of azo groups is 1. The standard InChI is InChI=1S/C33H31ClN6O6/c1-4-29(42)37-22-11-14-28(27(34)16-22)38-39-30-25-8-6-5-7-20(25)15-26(31(30)43)32(44)40(35)23-12-9-21(10-13-23)36-17-24(41)18-46-33(45)19(2)3/h4-16,24,36,41,43H,1-2,17-18,35H2,3H3,(H,37,42)/b39-38+. The van der Waals surface area contributed by atoms with Gasteiger partial charge in [-0.15, -0.1) is 10.2 Å². The lowest BCUT2D eigenvalue weighted by molar-refractivity contribution is -0.141. The summed E-state index contributed by atoms with van der Waals surface area (Å²) >= 11 is 6.35. The highest BCUT2D eigenvalue weighted by molar-refractivity contribution is 6.33. The van der Waals surface area contributed by atoms with Gasteiger partial charge in [-0.2, -0.15) is 0 Å². The Morgan fingerprint density at radius 3 is 2.43 bits per heavy atom. The molecule has 0 aliphatic rings. The van der Waals surface area contributed by atoms with E-state index in [4.69, 9.17) is 22.2 Å². The fourth-order valence-corrected chi connectivity index (χ4v) is 4.34. The van der Waals surface area contributed by atoms with E-state index >= 15 is 0 Å². The van der Waals surface area contributed by atoms with Crippen LogP contribution in [-0.4, -0.2) is 47.3 Å². The second kappa shape index (κ2) is 14.9. The van der Waals surface area contributed by atoms with Gasteiger partial charge >= 0.3 is 5.97 Å². The summed E-state index contributed by atoms with van der Waals surface area (Å²) < 4.78 is 4.94. The number of rotatable bonds is 12. The molecular weight excluding hydrogens is 612 g/mol. The van der Waals surface area contributed by atoms with Gasteiger partial charge in [0.25, 0.3) is 5.91 Å². The first-order valence-corrected chi connectivity index (χ1v) is 14.2. The Labute approximate surface area is 269 Å². The molecule has 1 unspecified atom stereocenters. The first-order valence-electron chi connectivity index (χ1n) is 13.8. The molecule has 12 nitrogen and oxygen atoms in total. The number of phenols is 1. The predicted octanol–water partition coefficient (Wildman–Crippen LogP) is 6.15. The van der Waals surface area contributed by atoms with Crippen LogP contribution in [0, 0.1) is 0 Å². The molecule has 0 aliphatic heterocycles. The average Bonchev–Trinajstić information content (AvgIpc) is 3.05. The molecule has 236 valence electrons. The SMILES string of the molecule is C=CC(=O)Nc1ccc(/N=N/c2c(O)c(C(=O)N(N)c3ccc(NCC(O)COC(=O)C(=C)C)cc3)cc3ccccc23)c(Cl)c1. The molecule has 2 amide bonds. The number of aliphatic hydroxyl groups is 1. The summed E-state index contributed by atoms with van der Waals surface area (Å²) in [5.74, 6) is 4.05. The summed E-state index contributed by atoms with van der Waals surface area (Å²) in [4.78, 5) is 36.6. The zero-order valence-corrected chi connectivity index (χ0v) is 25.5. The number of aliphatic hydroxyl groups excluding tert-OH is 1. The van der Waals surface area contributed by atoms with E-state index in [1.165, 1.54) is 25.1 Å². The Morgan fingerprint density at radius 1 is 1.07 bits per heavy atom. The van der Waals surface area contributed by atoms with E-state index in [0.29, 0.717) is 27.8 Å². The van der Waals surface area contributed by atoms with Crippen LogP contribution in [0.4, 0.5) is 28.4 Å². The minimum Gasteiger partial charge on any atom is -0.505 e. The van der Waals surface area contributed by atoms with Crippen LogP contribution in [0.3, 0.4) is 0 Å². The van der Waals surface area contributed by atoms with Crippen molar-refractivity contribution in [3.8, 4) is 5.75 Å². The van der Waals surface area contributed by atoms with E-state index in [9.17, 15) is 24.6 Å². The number of phenolic OH excluding ortho intramolecular Hbond substituents is 1. The second-order valence-electron chi connectivity index (χ2n) is 10.0. The molecule has 0 aliphatic carbocycles. The Hall–Kier alpha value is -5.56. The van der Waals surface area contributed by atoms with Crippen LogP contribution in [0.25, 0.3) is 10.8 Å². The number of amides is 2. The molecule has 13 heteroatoms. The zero-order chi connectivity index (χ0) is 33.4. The summed E-state index contributed by atoms with van der Waals surface area (Å²) in [6.45, 7) is 8.30. The lowest BCUT2D eigenvalue weighted by Gasteiger charge is -2.19. The summed E-state index contributed by atoms with van der Waals surface area (Å²) in [5.41, 5.74) is 1.77. The van der Waals surface area contributed by atoms with E-state index in [2.05, 4.69) is 34.0 Å². The third kappa shape index (κ3) is 8.12. The largest absolute Gasteiger partial charge is 0.505 e. The van der Waals surface area contributed by atoms with Crippen molar-refractivity contribution >= 4 is 68.6 Å². The molecule has 1 atom stereocenters. The van der Waals surface area contributed by atoms with Gasteiger partial charge in [-0.3, -0.25) is 9.59 Å². The van der Waals surface area contributed by atoms with Crippen molar-refractivity contribution in [2.45, 2.75) is 13.0 Å². The number of hydrogen-bond donors (Lipinski definition) is 5. The molecule has 0 saturated heterocycles. The maximum absolute atomic E-state index is 13.5. The number of hydrazine groups is 1. The van der Waals surface area contributed by atoms with Crippen molar-refractivity contribution < 1.29 is 29.3 Å². The third-order valence-corrected chi connectivity index (χ3v) is 6.85. The molecule has 4 aromatic rings. The Bertz CT molecular complexity index is 1840. The Morgan fingerprint density at radius 2 is 1.76 bits per heavy atom. The van der Waals surface area contributed by atoms with Crippen molar-refractivity contribution in [2.24, 2.45) is 16.1 Å². The monoisotopic (exact) mass is 642 g/mol. The number of carbonyl (C=O) groups excluding carboxylic acids is 3. The van der Waals surface area contributed by atoms with Crippen LogP contribution in [0.15, 0.2) is 108 Å². The van der Waals surface area contributed by atoms with E-state index in [0.717, 1.165) is 11.1 Å². The van der Waals surface area contributed by atoms with Gasteiger partial charge in [0.05, 0.1) is 16.3 Å². The maximum Gasteiger partial charge on any atom is 0.333 e. The Balaban J connectivity index is 1.53. The minimum absolute atomic E-state index is 0.0296. The molecule has 6 N–H and O–H groups in total. The van der Waals surface area contributed by atoms with Gasteiger partial charge in [0.1, 0.15) is 24.1 Å². The molecule has 0 heterocycles. The van der Waals surface area contributed by atoms with Gasteiger partial charge in [0.2, 0.25) is 5.91 Å². The average molecular weight is 643 g/mol. The fraction of sp³-hybridized carbons (Fsp3) is 0.121. The van der Waals surface area contributed by atoms with Crippen molar-refractivity contribution in [1.82, 2.24) is 0 Å². The van der Waals surface area contributed by atoms with E-state index in [-0.39, 0.29) is 40.7 Å². The van der Waals surface area contributed by atoms with Crippen molar-refractivity contribution in [1.29, 1.82) is 0 Å². The van der Waals surface area contributed by atoms with Crippen LogP contribution in [0.2, 0.25) is 5.02 Å². The number of ether oxygens (including phenoxy) is 1. The molecule has 46 heavy (non-hydrogen) atoms. The maximum atomic E-state index is 13.5. The number of aromatic hydroxyl groups is 1. The number of fused-ring (bicyclic) bond motifs is 1. The van der Waals surface area contributed by atoms with Gasteiger partial charge in [-0.05, 0) is 66.9 Å². The van der Waals surface area contributed by atoms with Gasteiger partial charge in [0.15, 0.2) is 5.75 Å². The number of anilines is 3. The van der Waals surface area contributed by atoms with E-state index in [1.807, 2.05) is 0 Å².